The number of hydrogen-bond donors (Lipinski definition) is 3. The number of nitrogens with zero attached hydrogens (tertiary/aromatic N) is 2. The molecule has 0 fully saturated rings. The Kier molecular flexibility index (Phi) is 3.98. The zero-order valence-electron chi connectivity index (χ0n) is 12.4. The average molecular weight is 323 g/mol. The van der Waals surface area contributed by atoms with E-state index in [9.17, 15) is 19.8 Å². The van der Waals surface area contributed by atoms with Crippen LogP contribution >= 0.6 is 0 Å². The van der Waals surface area contributed by atoms with Crippen LogP contribution in [0.15, 0.2) is 65.6 Å². The number of carbonyl (C=O) groups excluding carboxylic acids is 1. The summed E-state index contributed by atoms with van der Waals surface area (Å²) in [7, 11) is 0. The highest BCUT2D eigenvalue weighted by Crippen LogP contribution is 2.19. The molecule has 0 unspecified atom stereocenters. The summed E-state index contributed by atoms with van der Waals surface area (Å²) in [5.41, 5.74) is -0.216. The molecule has 24 heavy (non-hydrogen) atoms. The predicted molar refractivity (Wildman–Crippen MR) is 87.6 cm³/mol. The Morgan fingerprint density at radius 1 is 1.04 bits per heavy atom. The van der Waals surface area contributed by atoms with Crippen molar-refractivity contribution in [2.75, 3.05) is 5.32 Å². The summed E-state index contributed by atoms with van der Waals surface area (Å²) in [5.74, 6) is -0.760. The van der Waals surface area contributed by atoms with Gasteiger partial charge in [0.1, 0.15) is 17.2 Å². The molecule has 0 aliphatic heterocycles. The molecule has 0 radical (unpaired) electrons. The van der Waals surface area contributed by atoms with E-state index in [-0.39, 0.29) is 17.2 Å². The van der Waals surface area contributed by atoms with Crippen molar-refractivity contribution in [3.05, 3.63) is 76.7 Å². The number of benzene rings is 2. The third-order valence-electron chi connectivity index (χ3n) is 3.26. The van der Waals surface area contributed by atoms with Gasteiger partial charge in [-0.3, -0.25) is 9.59 Å². The lowest BCUT2D eigenvalue weighted by Gasteiger charge is -2.09. The maximum absolute atomic E-state index is 12.3. The molecule has 2 aromatic carbocycles. The molecule has 0 saturated carbocycles. The van der Waals surface area contributed by atoms with Crippen LogP contribution in [-0.4, -0.2) is 25.9 Å². The summed E-state index contributed by atoms with van der Waals surface area (Å²) in [6.45, 7) is 0. The van der Waals surface area contributed by atoms with Gasteiger partial charge in [-0.15, -0.1) is 0 Å². The summed E-state index contributed by atoms with van der Waals surface area (Å²) in [5, 5.41) is 25.8. The molecule has 0 bridgehead atoms. The first kappa shape index (κ1) is 15.3. The zero-order chi connectivity index (χ0) is 17.1. The first-order valence-corrected chi connectivity index (χ1v) is 7.03. The van der Waals surface area contributed by atoms with E-state index in [1.54, 1.807) is 30.3 Å². The molecule has 7 heteroatoms. The van der Waals surface area contributed by atoms with Crippen molar-refractivity contribution in [1.82, 2.24) is 9.78 Å². The minimum absolute atomic E-state index is 0.0135. The van der Waals surface area contributed by atoms with E-state index in [0.717, 1.165) is 0 Å². The summed E-state index contributed by atoms with van der Waals surface area (Å²) in [4.78, 5) is 24.2. The fourth-order valence-corrected chi connectivity index (χ4v) is 2.13. The quantitative estimate of drug-likeness (QED) is 0.683. The molecule has 0 saturated heterocycles. The van der Waals surface area contributed by atoms with Crippen LogP contribution < -0.4 is 10.7 Å². The van der Waals surface area contributed by atoms with Gasteiger partial charge in [-0.1, -0.05) is 18.2 Å². The smallest absolute Gasteiger partial charge is 0.280 e. The second kappa shape index (κ2) is 6.25. The molecule has 0 aliphatic rings. The Morgan fingerprint density at radius 3 is 2.58 bits per heavy atom. The SMILES string of the molecule is O=C(Nc1cccc(O)c1)c1nn(-c2ccccc2O)ccc1=O. The van der Waals surface area contributed by atoms with E-state index < -0.39 is 11.3 Å². The van der Waals surface area contributed by atoms with Crippen LogP contribution in [0, 0.1) is 0 Å². The van der Waals surface area contributed by atoms with Crippen molar-refractivity contribution >= 4 is 11.6 Å². The van der Waals surface area contributed by atoms with Crippen LogP contribution in [0.4, 0.5) is 5.69 Å². The monoisotopic (exact) mass is 323 g/mol. The molecule has 7 nitrogen and oxygen atoms in total. The number of anilines is 1. The maximum atomic E-state index is 12.3. The van der Waals surface area contributed by atoms with Crippen molar-refractivity contribution < 1.29 is 15.0 Å². The van der Waals surface area contributed by atoms with E-state index in [0.29, 0.717) is 11.4 Å². The second-order valence-electron chi connectivity index (χ2n) is 4.97. The normalized spacial score (nSPS) is 10.3. The molecular weight excluding hydrogens is 310 g/mol. The number of para-hydroxylation sites is 2. The minimum Gasteiger partial charge on any atom is -0.508 e. The van der Waals surface area contributed by atoms with E-state index in [1.165, 1.54) is 35.1 Å². The summed E-state index contributed by atoms with van der Waals surface area (Å²) < 4.78 is 1.24. The topological polar surface area (TPSA) is 104 Å². The van der Waals surface area contributed by atoms with Gasteiger partial charge in [0.15, 0.2) is 5.69 Å². The molecule has 3 N–H and O–H groups in total. The molecule has 3 aromatic rings. The highest BCUT2D eigenvalue weighted by Gasteiger charge is 2.14. The first-order chi connectivity index (χ1) is 11.5. The lowest BCUT2D eigenvalue weighted by molar-refractivity contribution is 0.101. The Balaban J connectivity index is 1.96. The molecule has 1 aromatic heterocycles. The number of carbonyl (C=O) groups is 1. The lowest BCUT2D eigenvalue weighted by Crippen LogP contribution is -2.25. The van der Waals surface area contributed by atoms with Gasteiger partial charge < -0.3 is 15.5 Å². The van der Waals surface area contributed by atoms with Crippen molar-refractivity contribution in [3.8, 4) is 17.2 Å². The Hall–Kier alpha value is -3.61. The fraction of sp³-hybridized carbons (Fsp3) is 0. The van der Waals surface area contributed by atoms with E-state index in [4.69, 9.17) is 0 Å². The number of amides is 1. The molecule has 120 valence electrons. The van der Waals surface area contributed by atoms with E-state index in [2.05, 4.69) is 10.4 Å². The Labute approximate surface area is 136 Å². The highest BCUT2D eigenvalue weighted by molar-refractivity contribution is 6.02. The van der Waals surface area contributed by atoms with Gasteiger partial charge in [0.05, 0.1) is 0 Å². The standard InChI is InChI=1S/C17H13N3O4/c21-12-5-3-4-11(10-12)18-17(24)16-15(23)8-9-20(19-16)13-6-1-2-7-14(13)22/h1-10,21-22H,(H,18,24). The molecule has 1 heterocycles. The number of phenolic OH excluding ortho intramolecular Hbond substituents is 2. The number of nitrogens with one attached hydrogen (secondary N) is 1. The van der Waals surface area contributed by atoms with Crippen LogP contribution in [0.2, 0.25) is 0 Å². The maximum Gasteiger partial charge on any atom is 0.280 e. The van der Waals surface area contributed by atoms with Gasteiger partial charge in [-0.25, -0.2) is 4.68 Å². The Bertz CT molecular complexity index is 966. The summed E-state index contributed by atoms with van der Waals surface area (Å²) in [6, 6.07) is 13.6. The number of rotatable bonds is 3. The average Bonchev–Trinajstić information content (AvgIpc) is 2.56. The first-order valence-electron chi connectivity index (χ1n) is 7.03. The molecule has 0 aliphatic carbocycles. The summed E-state index contributed by atoms with van der Waals surface area (Å²) >= 11 is 0. The van der Waals surface area contributed by atoms with Crippen LogP contribution in [0.5, 0.6) is 11.5 Å². The number of aromatic nitrogens is 2. The molecule has 0 atom stereocenters. The minimum atomic E-state index is -0.713. The number of hydrogen-bond acceptors (Lipinski definition) is 5. The molecular formula is C17H13N3O4. The van der Waals surface area contributed by atoms with Crippen LogP contribution in [0.1, 0.15) is 10.5 Å². The summed E-state index contributed by atoms with van der Waals surface area (Å²) in [6.07, 6.45) is 1.36. The van der Waals surface area contributed by atoms with Crippen molar-refractivity contribution in [3.63, 3.8) is 0 Å². The molecule has 1 amide bonds. The van der Waals surface area contributed by atoms with Gasteiger partial charge in [0.25, 0.3) is 5.91 Å². The van der Waals surface area contributed by atoms with Gasteiger partial charge in [0.2, 0.25) is 5.43 Å². The fourth-order valence-electron chi connectivity index (χ4n) is 2.13. The van der Waals surface area contributed by atoms with Crippen LogP contribution in [-0.2, 0) is 0 Å². The van der Waals surface area contributed by atoms with Crippen molar-refractivity contribution in [2.24, 2.45) is 0 Å². The third kappa shape index (κ3) is 3.09. The van der Waals surface area contributed by atoms with Crippen molar-refractivity contribution in [1.29, 1.82) is 0 Å². The van der Waals surface area contributed by atoms with Crippen LogP contribution in [0.3, 0.4) is 0 Å². The van der Waals surface area contributed by atoms with Gasteiger partial charge in [-0.05, 0) is 24.3 Å². The molecule has 0 spiro atoms. The van der Waals surface area contributed by atoms with E-state index >= 15 is 0 Å². The number of aromatic hydroxyl groups is 2. The lowest BCUT2D eigenvalue weighted by atomic mass is 10.2. The third-order valence-corrected chi connectivity index (χ3v) is 3.26. The predicted octanol–water partition coefficient (Wildman–Crippen LogP) is 1.90. The largest absolute Gasteiger partial charge is 0.508 e. The zero-order valence-corrected chi connectivity index (χ0v) is 12.4. The highest BCUT2D eigenvalue weighted by atomic mass is 16.3. The number of phenols is 2. The van der Waals surface area contributed by atoms with E-state index in [1.807, 2.05) is 0 Å². The van der Waals surface area contributed by atoms with Gasteiger partial charge in [0, 0.05) is 24.0 Å². The van der Waals surface area contributed by atoms with Crippen LogP contribution in [0.25, 0.3) is 5.69 Å². The second-order valence-corrected chi connectivity index (χ2v) is 4.97. The van der Waals surface area contributed by atoms with Crippen molar-refractivity contribution in [2.45, 2.75) is 0 Å². The van der Waals surface area contributed by atoms with Gasteiger partial charge in [-0.2, -0.15) is 5.10 Å². The van der Waals surface area contributed by atoms with Gasteiger partial charge >= 0.3 is 0 Å². The Morgan fingerprint density at radius 2 is 1.83 bits per heavy atom. The molecule has 3 rings (SSSR count).